The average molecular weight is 396 g/mol. The number of ether oxygens (including phenoxy) is 2. The highest BCUT2D eigenvalue weighted by Crippen LogP contribution is 2.29. The summed E-state index contributed by atoms with van der Waals surface area (Å²) in [5, 5.41) is 17.9. The molecule has 1 amide bonds. The molecule has 0 saturated carbocycles. The number of nitro groups is 1. The minimum absolute atomic E-state index is 0.0573. The van der Waals surface area contributed by atoms with Crippen molar-refractivity contribution in [2.75, 3.05) is 12.4 Å². The van der Waals surface area contributed by atoms with Gasteiger partial charge in [0.1, 0.15) is 17.2 Å². The Labute approximate surface area is 167 Å². The molecule has 0 aliphatic carbocycles. The Morgan fingerprint density at radius 3 is 2.52 bits per heavy atom. The van der Waals surface area contributed by atoms with Gasteiger partial charge < -0.3 is 14.8 Å². The molecule has 1 N–H and O–H groups in total. The van der Waals surface area contributed by atoms with Crippen molar-refractivity contribution in [1.82, 2.24) is 9.78 Å². The van der Waals surface area contributed by atoms with E-state index in [0.717, 1.165) is 11.1 Å². The monoisotopic (exact) mass is 396 g/mol. The Bertz CT molecular complexity index is 1040. The molecule has 3 rings (SSSR count). The van der Waals surface area contributed by atoms with Gasteiger partial charge >= 0.3 is 0 Å². The van der Waals surface area contributed by atoms with Gasteiger partial charge in [-0.15, -0.1) is 0 Å². The lowest BCUT2D eigenvalue weighted by molar-refractivity contribution is -0.384. The van der Waals surface area contributed by atoms with E-state index in [0.29, 0.717) is 11.5 Å². The van der Waals surface area contributed by atoms with Gasteiger partial charge in [0.05, 0.1) is 18.1 Å². The van der Waals surface area contributed by atoms with Gasteiger partial charge in [-0.1, -0.05) is 6.07 Å². The maximum absolute atomic E-state index is 12.4. The highest BCUT2D eigenvalue weighted by atomic mass is 16.6. The van der Waals surface area contributed by atoms with Crippen LogP contribution in [0.1, 0.15) is 21.6 Å². The van der Waals surface area contributed by atoms with Gasteiger partial charge in [0.25, 0.3) is 11.6 Å². The number of nitro benzene ring substituents is 1. The van der Waals surface area contributed by atoms with E-state index in [-0.39, 0.29) is 23.8 Å². The molecule has 0 bridgehead atoms. The van der Waals surface area contributed by atoms with Gasteiger partial charge in [-0.2, -0.15) is 5.10 Å². The first-order chi connectivity index (χ1) is 13.9. The standard InChI is InChI=1S/C20H20N4O5/c1-13-8-14(2)10-16(9-13)29-12-23-7-6-18(22-23)20(25)21-17-5-4-15(28-3)11-19(17)24(26)27/h4-11H,12H2,1-3H3,(H,21,25). The molecule has 29 heavy (non-hydrogen) atoms. The number of amides is 1. The van der Waals surface area contributed by atoms with Crippen LogP contribution in [0.2, 0.25) is 0 Å². The maximum atomic E-state index is 12.4. The van der Waals surface area contributed by atoms with Gasteiger partial charge in [-0.25, -0.2) is 4.68 Å². The Morgan fingerprint density at radius 1 is 1.14 bits per heavy atom. The van der Waals surface area contributed by atoms with Crippen LogP contribution in [0.25, 0.3) is 0 Å². The summed E-state index contributed by atoms with van der Waals surface area (Å²) in [4.78, 5) is 23.1. The summed E-state index contributed by atoms with van der Waals surface area (Å²) in [6.45, 7) is 4.09. The molecule has 0 aliphatic rings. The zero-order chi connectivity index (χ0) is 21.0. The van der Waals surface area contributed by atoms with Crippen molar-refractivity contribution in [3.63, 3.8) is 0 Å². The summed E-state index contributed by atoms with van der Waals surface area (Å²) in [6.07, 6.45) is 1.60. The van der Waals surface area contributed by atoms with E-state index in [9.17, 15) is 14.9 Å². The number of anilines is 1. The molecule has 3 aromatic rings. The fourth-order valence-electron chi connectivity index (χ4n) is 2.79. The molecule has 1 heterocycles. The van der Waals surface area contributed by atoms with Crippen molar-refractivity contribution in [3.05, 3.63) is 75.6 Å². The van der Waals surface area contributed by atoms with Gasteiger partial charge in [-0.05, 0) is 55.3 Å². The van der Waals surface area contributed by atoms with Crippen LogP contribution in [0, 0.1) is 24.0 Å². The largest absolute Gasteiger partial charge is 0.496 e. The molecule has 1 aromatic heterocycles. The third-order valence-electron chi connectivity index (χ3n) is 4.08. The van der Waals surface area contributed by atoms with E-state index < -0.39 is 10.8 Å². The second kappa shape index (κ2) is 8.42. The van der Waals surface area contributed by atoms with E-state index in [1.54, 1.807) is 6.20 Å². The van der Waals surface area contributed by atoms with Gasteiger partial charge in [-0.3, -0.25) is 14.9 Å². The Hall–Kier alpha value is -3.88. The van der Waals surface area contributed by atoms with Crippen LogP contribution in [0.3, 0.4) is 0 Å². The minimum atomic E-state index is -0.589. The zero-order valence-corrected chi connectivity index (χ0v) is 16.2. The summed E-state index contributed by atoms with van der Waals surface area (Å²) >= 11 is 0. The molecule has 2 aromatic carbocycles. The van der Waals surface area contributed by atoms with Crippen LogP contribution < -0.4 is 14.8 Å². The minimum Gasteiger partial charge on any atom is -0.496 e. The summed E-state index contributed by atoms with van der Waals surface area (Å²) in [6, 6.07) is 11.6. The van der Waals surface area contributed by atoms with Crippen LogP contribution in [0.4, 0.5) is 11.4 Å². The van der Waals surface area contributed by atoms with E-state index in [1.165, 1.54) is 36.1 Å². The van der Waals surface area contributed by atoms with Gasteiger partial charge in [0.15, 0.2) is 12.4 Å². The number of carbonyl (C=O) groups is 1. The van der Waals surface area contributed by atoms with Crippen LogP contribution >= 0.6 is 0 Å². The lowest BCUT2D eigenvalue weighted by atomic mass is 10.1. The molecule has 0 atom stereocenters. The summed E-state index contributed by atoms with van der Waals surface area (Å²) in [5.41, 5.74) is 2.07. The van der Waals surface area contributed by atoms with Crippen molar-refractivity contribution < 1.29 is 19.2 Å². The molecular formula is C20H20N4O5. The number of nitrogens with one attached hydrogen (secondary N) is 1. The molecule has 9 nitrogen and oxygen atoms in total. The second-order valence-corrected chi connectivity index (χ2v) is 6.43. The quantitative estimate of drug-likeness (QED) is 0.482. The highest BCUT2D eigenvalue weighted by Gasteiger charge is 2.19. The molecule has 150 valence electrons. The number of rotatable bonds is 7. The number of benzene rings is 2. The average Bonchev–Trinajstić information content (AvgIpc) is 3.15. The number of aryl methyl sites for hydroxylation is 2. The van der Waals surface area contributed by atoms with Crippen molar-refractivity contribution in [1.29, 1.82) is 0 Å². The lowest BCUT2D eigenvalue weighted by Gasteiger charge is -2.08. The van der Waals surface area contributed by atoms with Crippen LogP contribution in [0.15, 0.2) is 48.7 Å². The number of nitrogens with zero attached hydrogens (tertiary/aromatic N) is 3. The second-order valence-electron chi connectivity index (χ2n) is 6.43. The number of methoxy groups -OCH3 is 1. The van der Waals surface area contributed by atoms with Crippen molar-refractivity contribution >= 4 is 17.3 Å². The predicted molar refractivity (Wildman–Crippen MR) is 106 cm³/mol. The van der Waals surface area contributed by atoms with E-state index in [2.05, 4.69) is 10.4 Å². The first-order valence-electron chi connectivity index (χ1n) is 8.74. The molecule has 0 spiro atoms. The molecule has 0 aliphatic heterocycles. The number of carbonyl (C=O) groups excluding carboxylic acids is 1. The molecule has 0 unspecified atom stereocenters. The van der Waals surface area contributed by atoms with E-state index >= 15 is 0 Å². The van der Waals surface area contributed by atoms with E-state index in [1.807, 2.05) is 32.0 Å². The summed E-state index contributed by atoms with van der Waals surface area (Å²) in [5.74, 6) is 0.462. The van der Waals surface area contributed by atoms with Crippen molar-refractivity contribution in [2.24, 2.45) is 0 Å². The summed E-state index contributed by atoms with van der Waals surface area (Å²) in [7, 11) is 1.41. The third-order valence-corrected chi connectivity index (χ3v) is 4.08. The Morgan fingerprint density at radius 2 is 1.86 bits per heavy atom. The number of hydrogen-bond donors (Lipinski definition) is 1. The fourth-order valence-corrected chi connectivity index (χ4v) is 2.79. The predicted octanol–water partition coefficient (Wildman–Crippen LogP) is 3.71. The van der Waals surface area contributed by atoms with Crippen LogP contribution in [0.5, 0.6) is 11.5 Å². The van der Waals surface area contributed by atoms with Crippen LogP contribution in [-0.2, 0) is 6.73 Å². The number of hydrogen-bond acceptors (Lipinski definition) is 6. The Kier molecular flexibility index (Phi) is 5.77. The fraction of sp³-hybridized carbons (Fsp3) is 0.200. The SMILES string of the molecule is COc1ccc(NC(=O)c2ccn(COc3cc(C)cc(C)c3)n2)c([N+](=O)[O-])c1. The summed E-state index contributed by atoms with van der Waals surface area (Å²) < 4.78 is 12.2. The van der Waals surface area contributed by atoms with Crippen molar-refractivity contribution in [2.45, 2.75) is 20.6 Å². The van der Waals surface area contributed by atoms with Crippen LogP contribution in [-0.4, -0.2) is 27.7 Å². The lowest BCUT2D eigenvalue weighted by Crippen LogP contribution is -2.15. The van der Waals surface area contributed by atoms with Crippen molar-refractivity contribution in [3.8, 4) is 11.5 Å². The Balaban J connectivity index is 1.69. The zero-order valence-electron chi connectivity index (χ0n) is 16.2. The first-order valence-corrected chi connectivity index (χ1v) is 8.74. The number of aromatic nitrogens is 2. The third kappa shape index (κ3) is 4.89. The first kappa shape index (κ1) is 19.9. The molecule has 0 saturated heterocycles. The topological polar surface area (TPSA) is 109 Å². The molecule has 9 heteroatoms. The maximum Gasteiger partial charge on any atom is 0.296 e. The van der Waals surface area contributed by atoms with E-state index in [4.69, 9.17) is 9.47 Å². The smallest absolute Gasteiger partial charge is 0.296 e. The molecule has 0 radical (unpaired) electrons. The normalized spacial score (nSPS) is 10.4. The highest BCUT2D eigenvalue weighted by molar-refractivity contribution is 6.04. The molecule has 0 fully saturated rings. The molecular weight excluding hydrogens is 376 g/mol. The van der Waals surface area contributed by atoms with Gasteiger partial charge in [0.2, 0.25) is 0 Å². The van der Waals surface area contributed by atoms with Gasteiger partial charge in [0, 0.05) is 6.20 Å².